The highest BCUT2D eigenvalue weighted by Crippen LogP contribution is 2.39. The van der Waals surface area contributed by atoms with Gasteiger partial charge in [-0.15, -0.1) is 0 Å². The first-order valence-electron chi connectivity index (χ1n) is 6.14. The number of carboxylic acids is 1. The molecule has 2 rings (SSSR count). The molecule has 0 saturated heterocycles. The molecule has 0 spiro atoms. The lowest BCUT2D eigenvalue weighted by molar-refractivity contribution is -0.151. The highest BCUT2D eigenvalue weighted by molar-refractivity contribution is 5.75. The molecular formula is C14H18O3. The van der Waals surface area contributed by atoms with Crippen LogP contribution < -0.4 is 0 Å². The van der Waals surface area contributed by atoms with Crippen LogP contribution in [0.25, 0.3) is 0 Å². The minimum atomic E-state index is -0.676. The minimum Gasteiger partial charge on any atom is -0.508 e. The Bertz CT molecular complexity index is 388. The Morgan fingerprint density at radius 1 is 1.12 bits per heavy atom. The summed E-state index contributed by atoms with van der Waals surface area (Å²) in [7, 11) is 0. The molecule has 17 heavy (non-hydrogen) atoms. The SMILES string of the molecule is O=C(O)C1(Cc2ccc(O)cc2)CCCCC1. The lowest BCUT2D eigenvalue weighted by Gasteiger charge is -2.33. The van der Waals surface area contributed by atoms with E-state index in [2.05, 4.69) is 0 Å². The average Bonchev–Trinajstić information content (AvgIpc) is 2.33. The van der Waals surface area contributed by atoms with E-state index >= 15 is 0 Å². The first-order valence-corrected chi connectivity index (χ1v) is 6.14. The van der Waals surface area contributed by atoms with Crippen LogP contribution in [0, 0.1) is 5.41 Å². The molecule has 0 radical (unpaired) electrons. The molecule has 3 heteroatoms. The molecule has 1 saturated carbocycles. The van der Waals surface area contributed by atoms with Crippen molar-refractivity contribution in [1.82, 2.24) is 0 Å². The number of phenols is 1. The monoisotopic (exact) mass is 234 g/mol. The van der Waals surface area contributed by atoms with Crippen molar-refractivity contribution in [3.63, 3.8) is 0 Å². The maximum absolute atomic E-state index is 11.5. The van der Waals surface area contributed by atoms with Crippen molar-refractivity contribution in [2.45, 2.75) is 38.5 Å². The van der Waals surface area contributed by atoms with Gasteiger partial charge in [-0.2, -0.15) is 0 Å². The summed E-state index contributed by atoms with van der Waals surface area (Å²) in [6, 6.07) is 6.87. The van der Waals surface area contributed by atoms with E-state index in [0.29, 0.717) is 6.42 Å². The molecule has 0 aromatic heterocycles. The van der Waals surface area contributed by atoms with E-state index in [1.807, 2.05) is 12.1 Å². The van der Waals surface area contributed by atoms with Crippen LogP contribution in [-0.2, 0) is 11.2 Å². The van der Waals surface area contributed by atoms with Crippen molar-refractivity contribution in [3.05, 3.63) is 29.8 Å². The number of aliphatic carboxylic acids is 1. The van der Waals surface area contributed by atoms with Crippen LogP contribution in [0.1, 0.15) is 37.7 Å². The van der Waals surface area contributed by atoms with Gasteiger partial charge in [-0.05, 0) is 37.0 Å². The Morgan fingerprint density at radius 3 is 2.24 bits per heavy atom. The molecule has 1 aromatic carbocycles. The van der Waals surface area contributed by atoms with Gasteiger partial charge in [-0.1, -0.05) is 31.4 Å². The first-order chi connectivity index (χ1) is 8.12. The number of hydrogen-bond acceptors (Lipinski definition) is 2. The Kier molecular flexibility index (Phi) is 3.36. The Hall–Kier alpha value is -1.51. The van der Waals surface area contributed by atoms with Crippen LogP contribution in [0.3, 0.4) is 0 Å². The van der Waals surface area contributed by atoms with Gasteiger partial charge in [0, 0.05) is 0 Å². The molecular weight excluding hydrogens is 216 g/mol. The molecule has 0 atom stereocenters. The second-order valence-corrected chi connectivity index (χ2v) is 4.99. The zero-order chi connectivity index (χ0) is 12.3. The third kappa shape index (κ3) is 2.60. The van der Waals surface area contributed by atoms with Gasteiger partial charge in [0.2, 0.25) is 0 Å². The number of benzene rings is 1. The van der Waals surface area contributed by atoms with Crippen LogP contribution >= 0.6 is 0 Å². The summed E-state index contributed by atoms with van der Waals surface area (Å²) in [6.45, 7) is 0. The Morgan fingerprint density at radius 2 is 1.71 bits per heavy atom. The molecule has 92 valence electrons. The standard InChI is InChI=1S/C14H18O3/c15-12-6-4-11(5-7-12)10-14(13(16)17)8-2-1-3-9-14/h4-7,15H,1-3,8-10H2,(H,16,17). The molecule has 0 aliphatic heterocycles. The highest BCUT2D eigenvalue weighted by Gasteiger charge is 2.39. The highest BCUT2D eigenvalue weighted by atomic mass is 16.4. The molecule has 1 aromatic rings. The molecule has 1 aliphatic carbocycles. The van der Waals surface area contributed by atoms with E-state index in [0.717, 1.165) is 37.7 Å². The summed E-state index contributed by atoms with van der Waals surface area (Å²) < 4.78 is 0. The first kappa shape index (κ1) is 12.0. The quantitative estimate of drug-likeness (QED) is 0.845. The number of carbonyl (C=O) groups is 1. The van der Waals surface area contributed by atoms with Crippen molar-refractivity contribution in [2.24, 2.45) is 5.41 Å². The molecule has 0 unspecified atom stereocenters. The normalized spacial score (nSPS) is 18.8. The van der Waals surface area contributed by atoms with Crippen LogP contribution in [0.4, 0.5) is 0 Å². The number of carboxylic acid groups (broad SMARTS) is 1. The lowest BCUT2D eigenvalue weighted by Crippen LogP contribution is -2.35. The van der Waals surface area contributed by atoms with Crippen LogP contribution in [0.5, 0.6) is 5.75 Å². The van der Waals surface area contributed by atoms with Crippen LogP contribution in [0.2, 0.25) is 0 Å². The Balaban J connectivity index is 2.17. The molecule has 3 nitrogen and oxygen atoms in total. The number of aromatic hydroxyl groups is 1. The number of phenolic OH excluding ortho intramolecular Hbond substituents is 1. The van der Waals surface area contributed by atoms with Crippen molar-refractivity contribution in [2.75, 3.05) is 0 Å². The van der Waals surface area contributed by atoms with Gasteiger partial charge in [-0.25, -0.2) is 0 Å². The average molecular weight is 234 g/mol. The van der Waals surface area contributed by atoms with Crippen molar-refractivity contribution < 1.29 is 15.0 Å². The summed E-state index contributed by atoms with van der Waals surface area (Å²) in [5.41, 5.74) is 0.405. The number of hydrogen-bond donors (Lipinski definition) is 2. The van der Waals surface area contributed by atoms with Crippen molar-refractivity contribution in [3.8, 4) is 5.75 Å². The third-order valence-electron chi connectivity index (χ3n) is 3.74. The van der Waals surface area contributed by atoms with Crippen molar-refractivity contribution in [1.29, 1.82) is 0 Å². The molecule has 1 fully saturated rings. The molecule has 0 bridgehead atoms. The predicted molar refractivity (Wildman–Crippen MR) is 65.0 cm³/mol. The van der Waals surface area contributed by atoms with Gasteiger partial charge in [0.05, 0.1) is 5.41 Å². The Labute approximate surface area is 101 Å². The van der Waals surface area contributed by atoms with E-state index in [1.54, 1.807) is 12.1 Å². The topological polar surface area (TPSA) is 57.5 Å². The van der Waals surface area contributed by atoms with Gasteiger partial charge in [-0.3, -0.25) is 4.79 Å². The van der Waals surface area contributed by atoms with E-state index in [1.165, 1.54) is 0 Å². The van der Waals surface area contributed by atoms with Crippen molar-refractivity contribution >= 4 is 5.97 Å². The summed E-state index contributed by atoms with van der Waals surface area (Å²) in [5, 5.41) is 18.7. The molecule has 1 aliphatic rings. The number of rotatable bonds is 3. The largest absolute Gasteiger partial charge is 0.508 e. The summed E-state index contributed by atoms with van der Waals surface area (Å²) >= 11 is 0. The van der Waals surface area contributed by atoms with Gasteiger partial charge in [0.25, 0.3) is 0 Å². The molecule has 2 N–H and O–H groups in total. The van der Waals surface area contributed by atoms with Gasteiger partial charge >= 0.3 is 5.97 Å². The maximum atomic E-state index is 11.5. The lowest BCUT2D eigenvalue weighted by atomic mass is 9.70. The van der Waals surface area contributed by atoms with Crippen LogP contribution in [0.15, 0.2) is 24.3 Å². The zero-order valence-corrected chi connectivity index (χ0v) is 9.85. The summed E-state index contributed by atoms with van der Waals surface area (Å²) in [6.07, 6.45) is 5.26. The molecule has 0 amide bonds. The van der Waals surface area contributed by atoms with E-state index in [-0.39, 0.29) is 5.75 Å². The zero-order valence-electron chi connectivity index (χ0n) is 9.85. The maximum Gasteiger partial charge on any atom is 0.309 e. The fourth-order valence-electron chi connectivity index (χ4n) is 2.70. The van der Waals surface area contributed by atoms with Gasteiger partial charge in [0.15, 0.2) is 0 Å². The van der Waals surface area contributed by atoms with Gasteiger partial charge in [0.1, 0.15) is 5.75 Å². The van der Waals surface area contributed by atoms with E-state index in [4.69, 9.17) is 0 Å². The smallest absolute Gasteiger partial charge is 0.309 e. The summed E-state index contributed by atoms with van der Waals surface area (Å²) in [4.78, 5) is 11.5. The molecule has 0 heterocycles. The minimum absolute atomic E-state index is 0.224. The fraction of sp³-hybridized carbons (Fsp3) is 0.500. The second kappa shape index (κ2) is 4.78. The fourth-order valence-corrected chi connectivity index (χ4v) is 2.70. The third-order valence-corrected chi connectivity index (χ3v) is 3.74. The second-order valence-electron chi connectivity index (χ2n) is 4.99. The summed E-state index contributed by atoms with van der Waals surface area (Å²) in [5.74, 6) is -0.452. The predicted octanol–water partition coefficient (Wildman–Crippen LogP) is 2.97. The van der Waals surface area contributed by atoms with Crippen LogP contribution in [-0.4, -0.2) is 16.2 Å². The van der Waals surface area contributed by atoms with E-state index < -0.39 is 11.4 Å². The van der Waals surface area contributed by atoms with E-state index in [9.17, 15) is 15.0 Å². The van der Waals surface area contributed by atoms with Gasteiger partial charge < -0.3 is 10.2 Å².